The van der Waals surface area contributed by atoms with Gasteiger partial charge in [0.25, 0.3) is 0 Å². The first-order valence-corrected chi connectivity index (χ1v) is 7.14. The number of nitrogens with one attached hydrogen (secondary N) is 2. The summed E-state index contributed by atoms with van der Waals surface area (Å²) in [6.07, 6.45) is 0. The minimum atomic E-state index is -0.677. The molecule has 2 N–H and O–H groups in total. The molecular weight excluding hydrogens is 276 g/mol. The SMILES string of the molecule is Cc1ccc(NC(=O)C(=O)Nc2cccc(C)c2C)cc1C. The molecule has 0 unspecified atom stereocenters. The van der Waals surface area contributed by atoms with Crippen LogP contribution in [0, 0.1) is 27.7 Å². The number of carbonyl (C=O) groups is 2. The predicted octanol–water partition coefficient (Wildman–Crippen LogP) is 3.50. The summed E-state index contributed by atoms with van der Waals surface area (Å²) in [5, 5.41) is 5.26. The van der Waals surface area contributed by atoms with Crippen LogP contribution in [0.3, 0.4) is 0 Å². The standard InChI is InChI=1S/C18H20N2O2/c1-11-8-9-15(10-13(11)3)19-17(21)18(22)20-16-7-5-6-12(2)14(16)4/h5-10H,1-4H3,(H,19,21)(H,20,22). The number of amides is 2. The maximum atomic E-state index is 12.0. The Balaban J connectivity index is 2.07. The van der Waals surface area contributed by atoms with Gasteiger partial charge in [0.1, 0.15) is 0 Å². The summed E-state index contributed by atoms with van der Waals surface area (Å²) in [6, 6.07) is 11.1. The lowest BCUT2D eigenvalue weighted by Crippen LogP contribution is -2.29. The Morgan fingerprint density at radius 3 is 2.14 bits per heavy atom. The monoisotopic (exact) mass is 296 g/mol. The second kappa shape index (κ2) is 6.43. The first kappa shape index (κ1) is 15.8. The fourth-order valence-electron chi connectivity index (χ4n) is 2.07. The average molecular weight is 296 g/mol. The molecule has 2 rings (SSSR count). The number of carbonyl (C=O) groups excluding carboxylic acids is 2. The van der Waals surface area contributed by atoms with Crippen LogP contribution in [-0.4, -0.2) is 11.8 Å². The molecule has 0 fully saturated rings. The van der Waals surface area contributed by atoms with E-state index < -0.39 is 11.8 Å². The summed E-state index contributed by atoms with van der Waals surface area (Å²) in [7, 11) is 0. The molecule has 0 bridgehead atoms. The lowest BCUT2D eigenvalue weighted by Gasteiger charge is -2.11. The molecule has 0 spiro atoms. The van der Waals surface area contributed by atoms with E-state index in [0.29, 0.717) is 11.4 Å². The second-order valence-electron chi connectivity index (χ2n) is 5.45. The van der Waals surface area contributed by atoms with Crippen molar-refractivity contribution in [2.45, 2.75) is 27.7 Å². The van der Waals surface area contributed by atoms with Crippen molar-refractivity contribution < 1.29 is 9.59 Å². The molecule has 0 atom stereocenters. The van der Waals surface area contributed by atoms with Gasteiger partial charge in [-0.05, 0) is 68.1 Å². The number of hydrogen-bond acceptors (Lipinski definition) is 2. The maximum Gasteiger partial charge on any atom is 0.314 e. The van der Waals surface area contributed by atoms with Gasteiger partial charge in [0.05, 0.1) is 0 Å². The molecule has 0 aliphatic heterocycles. The Morgan fingerprint density at radius 2 is 1.45 bits per heavy atom. The summed E-state index contributed by atoms with van der Waals surface area (Å²) in [5.74, 6) is -1.35. The maximum absolute atomic E-state index is 12.0. The van der Waals surface area contributed by atoms with Gasteiger partial charge in [0.15, 0.2) is 0 Å². The summed E-state index contributed by atoms with van der Waals surface area (Å²) in [5.41, 5.74) is 5.48. The second-order valence-corrected chi connectivity index (χ2v) is 5.45. The van der Waals surface area contributed by atoms with E-state index in [1.165, 1.54) is 0 Å². The fraction of sp³-hybridized carbons (Fsp3) is 0.222. The van der Waals surface area contributed by atoms with Crippen LogP contribution in [0.15, 0.2) is 36.4 Å². The molecule has 2 aromatic rings. The van der Waals surface area contributed by atoms with E-state index in [2.05, 4.69) is 10.6 Å². The average Bonchev–Trinajstić information content (AvgIpc) is 2.47. The van der Waals surface area contributed by atoms with Crippen LogP contribution in [0.1, 0.15) is 22.3 Å². The van der Waals surface area contributed by atoms with Crippen molar-refractivity contribution in [3.63, 3.8) is 0 Å². The summed E-state index contributed by atoms with van der Waals surface area (Å²) >= 11 is 0. The van der Waals surface area contributed by atoms with E-state index >= 15 is 0 Å². The normalized spacial score (nSPS) is 10.2. The Morgan fingerprint density at radius 1 is 0.773 bits per heavy atom. The van der Waals surface area contributed by atoms with Crippen molar-refractivity contribution in [1.82, 2.24) is 0 Å². The van der Waals surface area contributed by atoms with Gasteiger partial charge in [0.2, 0.25) is 0 Å². The zero-order valence-electron chi connectivity index (χ0n) is 13.3. The van der Waals surface area contributed by atoms with E-state index in [9.17, 15) is 9.59 Å². The van der Waals surface area contributed by atoms with Crippen LogP contribution >= 0.6 is 0 Å². The molecular formula is C18H20N2O2. The molecule has 4 heteroatoms. The molecule has 114 valence electrons. The van der Waals surface area contributed by atoms with Gasteiger partial charge < -0.3 is 10.6 Å². The molecule has 4 nitrogen and oxygen atoms in total. The summed E-state index contributed by atoms with van der Waals surface area (Å²) in [6.45, 7) is 7.82. The van der Waals surface area contributed by atoms with Crippen LogP contribution in [0.4, 0.5) is 11.4 Å². The van der Waals surface area contributed by atoms with Gasteiger partial charge in [-0.25, -0.2) is 0 Å². The Hall–Kier alpha value is -2.62. The van der Waals surface area contributed by atoms with Gasteiger partial charge in [0, 0.05) is 11.4 Å². The minimum absolute atomic E-state index is 0.615. The molecule has 0 radical (unpaired) electrons. The molecule has 2 amide bonds. The highest BCUT2D eigenvalue weighted by atomic mass is 16.2. The highest BCUT2D eigenvalue weighted by Crippen LogP contribution is 2.18. The molecule has 0 heterocycles. The number of hydrogen-bond donors (Lipinski definition) is 2. The molecule has 0 saturated heterocycles. The third kappa shape index (κ3) is 3.52. The van der Waals surface area contributed by atoms with Crippen LogP contribution in [-0.2, 0) is 9.59 Å². The third-order valence-corrected chi connectivity index (χ3v) is 3.82. The van der Waals surface area contributed by atoms with E-state index in [1.54, 1.807) is 12.1 Å². The largest absolute Gasteiger partial charge is 0.318 e. The highest BCUT2D eigenvalue weighted by Gasteiger charge is 2.15. The van der Waals surface area contributed by atoms with E-state index in [-0.39, 0.29) is 0 Å². The van der Waals surface area contributed by atoms with Crippen LogP contribution in [0.2, 0.25) is 0 Å². The van der Waals surface area contributed by atoms with Crippen molar-refractivity contribution in [3.05, 3.63) is 58.7 Å². The predicted molar refractivity (Wildman–Crippen MR) is 89.1 cm³/mol. The number of rotatable bonds is 2. The zero-order chi connectivity index (χ0) is 16.3. The number of aryl methyl sites for hydroxylation is 3. The third-order valence-electron chi connectivity index (χ3n) is 3.82. The van der Waals surface area contributed by atoms with Crippen molar-refractivity contribution in [2.75, 3.05) is 10.6 Å². The number of anilines is 2. The van der Waals surface area contributed by atoms with E-state index in [1.807, 2.05) is 52.0 Å². The topological polar surface area (TPSA) is 58.2 Å². The minimum Gasteiger partial charge on any atom is -0.318 e. The Labute approximate surface area is 130 Å². The molecule has 0 aliphatic carbocycles. The first-order chi connectivity index (χ1) is 10.4. The van der Waals surface area contributed by atoms with E-state index in [0.717, 1.165) is 22.3 Å². The van der Waals surface area contributed by atoms with Gasteiger partial charge in [-0.15, -0.1) is 0 Å². The van der Waals surface area contributed by atoms with Gasteiger partial charge >= 0.3 is 11.8 Å². The molecule has 0 aliphatic rings. The fourth-order valence-corrected chi connectivity index (χ4v) is 2.07. The van der Waals surface area contributed by atoms with E-state index in [4.69, 9.17) is 0 Å². The lowest BCUT2D eigenvalue weighted by molar-refractivity contribution is -0.133. The summed E-state index contributed by atoms with van der Waals surface area (Å²) in [4.78, 5) is 24.0. The number of benzene rings is 2. The molecule has 0 saturated carbocycles. The first-order valence-electron chi connectivity index (χ1n) is 7.14. The zero-order valence-corrected chi connectivity index (χ0v) is 13.3. The van der Waals surface area contributed by atoms with Crippen molar-refractivity contribution in [3.8, 4) is 0 Å². The lowest BCUT2D eigenvalue weighted by atomic mass is 10.1. The van der Waals surface area contributed by atoms with Gasteiger partial charge in [-0.1, -0.05) is 18.2 Å². The molecule has 2 aromatic carbocycles. The van der Waals surface area contributed by atoms with Crippen molar-refractivity contribution in [1.29, 1.82) is 0 Å². The highest BCUT2D eigenvalue weighted by molar-refractivity contribution is 6.43. The Kier molecular flexibility index (Phi) is 4.61. The summed E-state index contributed by atoms with van der Waals surface area (Å²) < 4.78 is 0. The molecule has 22 heavy (non-hydrogen) atoms. The quantitative estimate of drug-likeness (QED) is 0.833. The van der Waals surface area contributed by atoms with Crippen LogP contribution in [0.5, 0.6) is 0 Å². The Bertz CT molecular complexity index is 736. The smallest absolute Gasteiger partial charge is 0.314 e. The molecule has 0 aromatic heterocycles. The van der Waals surface area contributed by atoms with Crippen LogP contribution in [0.25, 0.3) is 0 Å². The van der Waals surface area contributed by atoms with Crippen LogP contribution < -0.4 is 10.6 Å². The van der Waals surface area contributed by atoms with Crippen molar-refractivity contribution in [2.24, 2.45) is 0 Å². The van der Waals surface area contributed by atoms with Gasteiger partial charge in [-0.2, -0.15) is 0 Å². The van der Waals surface area contributed by atoms with Gasteiger partial charge in [-0.3, -0.25) is 9.59 Å². The van der Waals surface area contributed by atoms with Crippen molar-refractivity contribution >= 4 is 23.2 Å².